The molecule has 92 valence electrons. The molecule has 8 heteroatoms. The number of nitrogens with one attached hydrogen (secondary N) is 1. The van der Waals surface area contributed by atoms with E-state index in [1.165, 1.54) is 6.20 Å². The highest BCUT2D eigenvalue weighted by molar-refractivity contribution is 5.69. The Morgan fingerprint density at radius 2 is 2.53 bits per heavy atom. The molecule has 17 heavy (non-hydrogen) atoms. The lowest BCUT2D eigenvalue weighted by Gasteiger charge is -2.23. The first-order valence-corrected chi connectivity index (χ1v) is 5.26. The summed E-state index contributed by atoms with van der Waals surface area (Å²) in [5.41, 5.74) is 0.374. The highest BCUT2D eigenvalue weighted by Gasteiger charge is 2.32. The van der Waals surface area contributed by atoms with Crippen LogP contribution in [-0.4, -0.2) is 38.8 Å². The number of rotatable bonds is 4. The number of aliphatic carboxylic acids is 1. The van der Waals surface area contributed by atoms with Gasteiger partial charge in [0, 0.05) is 12.6 Å². The van der Waals surface area contributed by atoms with Gasteiger partial charge in [0.25, 0.3) is 0 Å². The fourth-order valence-electron chi connectivity index (χ4n) is 2.18. The molecule has 1 aliphatic rings. The number of hydrogen-bond donors (Lipinski definition) is 2. The van der Waals surface area contributed by atoms with Crippen LogP contribution in [0.2, 0.25) is 0 Å². The van der Waals surface area contributed by atoms with Gasteiger partial charge >= 0.3 is 11.8 Å². The van der Waals surface area contributed by atoms with Crippen LogP contribution in [-0.2, 0) is 4.79 Å². The van der Waals surface area contributed by atoms with Gasteiger partial charge in [-0.3, -0.25) is 4.79 Å². The van der Waals surface area contributed by atoms with Crippen LogP contribution in [0.15, 0.2) is 6.20 Å². The summed E-state index contributed by atoms with van der Waals surface area (Å²) >= 11 is 0. The van der Waals surface area contributed by atoms with E-state index in [1.54, 1.807) is 4.90 Å². The first-order valence-electron chi connectivity index (χ1n) is 5.26. The summed E-state index contributed by atoms with van der Waals surface area (Å²) in [6.07, 6.45) is 2.93. The average molecular weight is 240 g/mol. The Balaban J connectivity index is 2.23. The van der Waals surface area contributed by atoms with Crippen LogP contribution in [0.25, 0.3) is 0 Å². The lowest BCUT2D eigenvalue weighted by molar-refractivity contribution is -0.388. The van der Waals surface area contributed by atoms with Gasteiger partial charge in [-0.2, -0.15) is 0 Å². The molecular formula is C9H12N4O4. The Labute approximate surface area is 96.4 Å². The molecule has 0 bridgehead atoms. The number of nitrogens with zero attached hydrogens (tertiary/aromatic N) is 3. The second kappa shape index (κ2) is 4.40. The van der Waals surface area contributed by atoms with E-state index in [4.69, 9.17) is 5.11 Å². The molecule has 1 aromatic heterocycles. The number of aromatic nitrogens is 2. The van der Waals surface area contributed by atoms with Crippen molar-refractivity contribution in [3.05, 3.63) is 16.3 Å². The SMILES string of the molecule is O=C(O)CC1CCCN1c1cn[nH]c1[N+](=O)[O-]. The first kappa shape index (κ1) is 11.4. The molecule has 2 rings (SSSR count). The molecule has 1 fully saturated rings. The molecule has 1 unspecified atom stereocenters. The molecule has 0 aliphatic carbocycles. The molecule has 0 radical (unpaired) electrons. The van der Waals surface area contributed by atoms with E-state index in [2.05, 4.69) is 10.2 Å². The Morgan fingerprint density at radius 3 is 3.18 bits per heavy atom. The minimum Gasteiger partial charge on any atom is -0.481 e. The maximum Gasteiger partial charge on any atom is 0.366 e. The molecule has 0 amide bonds. The maximum absolute atomic E-state index is 10.8. The second-order valence-electron chi connectivity index (χ2n) is 3.95. The van der Waals surface area contributed by atoms with Crippen molar-refractivity contribution >= 4 is 17.5 Å². The Kier molecular flexibility index (Phi) is 2.94. The number of nitro groups is 1. The topological polar surface area (TPSA) is 112 Å². The fourth-order valence-corrected chi connectivity index (χ4v) is 2.18. The molecule has 0 spiro atoms. The fraction of sp³-hybridized carbons (Fsp3) is 0.556. The maximum atomic E-state index is 10.8. The summed E-state index contributed by atoms with van der Waals surface area (Å²) in [7, 11) is 0. The van der Waals surface area contributed by atoms with Gasteiger partial charge in [0.15, 0.2) is 5.69 Å². The lowest BCUT2D eigenvalue weighted by Crippen LogP contribution is -2.31. The van der Waals surface area contributed by atoms with Crippen LogP contribution in [0.4, 0.5) is 11.5 Å². The van der Waals surface area contributed by atoms with Crippen molar-refractivity contribution in [3.8, 4) is 0 Å². The van der Waals surface area contributed by atoms with E-state index in [0.717, 1.165) is 12.8 Å². The van der Waals surface area contributed by atoms with Gasteiger partial charge in [0.2, 0.25) is 0 Å². The third kappa shape index (κ3) is 2.19. The monoisotopic (exact) mass is 240 g/mol. The molecule has 0 saturated carbocycles. The van der Waals surface area contributed by atoms with Crippen LogP contribution in [0, 0.1) is 10.1 Å². The summed E-state index contributed by atoms with van der Waals surface area (Å²) < 4.78 is 0. The summed E-state index contributed by atoms with van der Waals surface area (Å²) in [6.45, 7) is 0.623. The van der Waals surface area contributed by atoms with Crippen LogP contribution < -0.4 is 4.90 Å². The summed E-state index contributed by atoms with van der Waals surface area (Å²) in [5, 5.41) is 25.5. The molecule has 1 aliphatic heterocycles. The molecule has 1 saturated heterocycles. The van der Waals surface area contributed by atoms with Crippen LogP contribution in [0.5, 0.6) is 0 Å². The zero-order valence-corrected chi connectivity index (χ0v) is 9.00. The van der Waals surface area contributed by atoms with Crippen molar-refractivity contribution in [2.45, 2.75) is 25.3 Å². The number of anilines is 1. The molecule has 8 nitrogen and oxygen atoms in total. The van der Waals surface area contributed by atoms with Crippen molar-refractivity contribution in [1.29, 1.82) is 0 Å². The van der Waals surface area contributed by atoms with E-state index in [0.29, 0.717) is 12.2 Å². The second-order valence-corrected chi connectivity index (χ2v) is 3.95. The number of carbonyl (C=O) groups is 1. The van der Waals surface area contributed by atoms with Crippen molar-refractivity contribution in [3.63, 3.8) is 0 Å². The van der Waals surface area contributed by atoms with Gasteiger partial charge in [0.05, 0.1) is 6.42 Å². The number of carboxylic acid groups (broad SMARTS) is 1. The molecule has 2 N–H and O–H groups in total. The zero-order chi connectivity index (χ0) is 12.4. The van der Waals surface area contributed by atoms with Crippen molar-refractivity contribution < 1.29 is 14.8 Å². The minimum atomic E-state index is -0.895. The highest BCUT2D eigenvalue weighted by atomic mass is 16.6. The van der Waals surface area contributed by atoms with Crippen LogP contribution in [0.3, 0.4) is 0 Å². The van der Waals surface area contributed by atoms with Gasteiger partial charge in [0.1, 0.15) is 6.20 Å². The van der Waals surface area contributed by atoms with Gasteiger partial charge in [-0.15, -0.1) is 5.10 Å². The van der Waals surface area contributed by atoms with Crippen molar-refractivity contribution in [1.82, 2.24) is 10.2 Å². The normalized spacial score (nSPS) is 19.5. The summed E-state index contributed by atoms with van der Waals surface area (Å²) in [5.74, 6) is -1.07. The van der Waals surface area contributed by atoms with Crippen LogP contribution >= 0.6 is 0 Å². The zero-order valence-electron chi connectivity index (χ0n) is 9.00. The Bertz CT molecular complexity index is 444. The average Bonchev–Trinajstić information content (AvgIpc) is 2.82. The van der Waals surface area contributed by atoms with Gasteiger partial charge in [-0.05, 0) is 17.8 Å². The van der Waals surface area contributed by atoms with E-state index in [1.807, 2.05) is 0 Å². The molecule has 0 aromatic carbocycles. The standard InChI is InChI=1S/C9H12N4O4/c14-8(15)4-6-2-1-3-12(6)7-5-10-11-9(7)13(16)17/h5-6H,1-4H2,(H,10,11)(H,14,15). The molecule has 1 atom stereocenters. The third-order valence-corrected chi connectivity index (χ3v) is 2.88. The number of aromatic amines is 1. The predicted octanol–water partition coefficient (Wildman–Crippen LogP) is 0.761. The van der Waals surface area contributed by atoms with E-state index < -0.39 is 10.9 Å². The highest BCUT2D eigenvalue weighted by Crippen LogP contribution is 2.32. The van der Waals surface area contributed by atoms with Gasteiger partial charge in [-0.1, -0.05) is 5.10 Å². The minimum absolute atomic E-state index is 0.0116. The van der Waals surface area contributed by atoms with Crippen LogP contribution in [0.1, 0.15) is 19.3 Å². The molecule has 1 aromatic rings. The van der Waals surface area contributed by atoms with E-state index in [-0.39, 0.29) is 18.3 Å². The predicted molar refractivity (Wildman–Crippen MR) is 57.9 cm³/mol. The van der Waals surface area contributed by atoms with Crippen molar-refractivity contribution in [2.75, 3.05) is 11.4 Å². The number of hydrogen-bond acceptors (Lipinski definition) is 5. The third-order valence-electron chi connectivity index (χ3n) is 2.88. The molecular weight excluding hydrogens is 228 g/mol. The summed E-state index contributed by atoms with van der Waals surface area (Å²) in [4.78, 5) is 22.7. The molecule has 2 heterocycles. The quantitative estimate of drug-likeness (QED) is 0.593. The Morgan fingerprint density at radius 1 is 1.76 bits per heavy atom. The van der Waals surface area contributed by atoms with Gasteiger partial charge < -0.3 is 20.1 Å². The smallest absolute Gasteiger partial charge is 0.366 e. The largest absolute Gasteiger partial charge is 0.481 e. The first-order chi connectivity index (χ1) is 8.09. The van der Waals surface area contributed by atoms with E-state index >= 15 is 0 Å². The lowest BCUT2D eigenvalue weighted by atomic mass is 10.1. The van der Waals surface area contributed by atoms with Crippen molar-refractivity contribution in [2.24, 2.45) is 0 Å². The number of H-pyrrole nitrogens is 1. The van der Waals surface area contributed by atoms with Gasteiger partial charge in [-0.25, -0.2) is 0 Å². The number of carboxylic acids is 1. The Hall–Kier alpha value is -2.12. The van der Waals surface area contributed by atoms with E-state index in [9.17, 15) is 14.9 Å². The summed E-state index contributed by atoms with van der Waals surface area (Å²) in [6, 6.07) is -0.191.